The summed E-state index contributed by atoms with van der Waals surface area (Å²) in [6, 6.07) is 15.9. The lowest BCUT2D eigenvalue weighted by Crippen LogP contribution is -2.26. The van der Waals surface area contributed by atoms with E-state index in [-0.39, 0.29) is 12.2 Å². The van der Waals surface area contributed by atoms with Crippen LogP contribution in [0.1, 0.15) is 38.6 Å². The highest BCUT2D eigenvalue weighted by atomic mass is 19.4. The highest BCUT2D eigenvalue weighted by molar-refractivity contribution is 5.95. The number of para-hydroxylation sites is 1. The van der Waals surface area contributed by atoms with Gasteiger partial charge >= 0.3 is 6.18 Å². The van der Waals surface area contributed by atoms with Crippen LogP contribution in [0.5, 0.6) is 0 Å². The molecule has 1 N–H and O–H groups in total. The zero-order valence-corrected chi connectivity index (χ0v) is 18.3. The first-order valence-corrected chi connectivity index (χ1v) is 10.3. The first-order valence-electron chi connectivity index (χ1n) is 10.3. The fraction of sp³-hybridized carbons (Fsp3) is 0.208. The maximum atomic E-state index is 13.9. The Bertz CT molecular complexity index is 1290. The van der Waals surface area contributed by atoms with Crippen LogP contribution in [0, 0.1) is 20.8 Å². The van der Waals surface area contributed by atoms with Crippen molar-refractivity contribution in [3.63, 3.8) is 0 Å². The lowest BCUT2D eigenvalue weighted by Gasteiger charge is -2.13. The van der Waals surface area contributed by atoms with Crippen molar-refractivity contribution in [3.05, 3.63) is 94.6 Å². The second-order valence-corrected chi connectivity index (χ2v) is 7.73. The molecule has 4 aromatic rings. The topological polar surface area (TPSA) is 64.7 Å². The van der Waals surface area contributed by atoms with E-state index >= 15 is 0 Å². The van der Waals surface area contributed by atoms with E-state index in [0.29, 0.717) is 5.69 Å². The van der Waals surface area contributed by atoms with Gasteiger partial charge in [-0.25, -0.2) is 9.36 Å². The van der Waals surface area contributed by atoms with Gasteiger partial charge in [-0.2, -0.15) is 23.4 Å². The Morgan fingerprint density at radius 1 is 0.939 bits per heavy atom. The van der Waals surface area contributed by atoms with Gasteiger partial charge in [0.25, 0.3) is 5.91 Å². The molecule has 6 nitrogen and oxygen atoms in total. The number of carbonyl (C=O) groups excluding carboxylic acids is 1. The largest absolute Gasteiger partial charge is 0.434 e. The number of rotatable bonds is 5. The average Bonchev–Trinajstić information content (AvgIpc) is 3.35. The number of aryl methyl sites for hydroxylation is 2. The summed E-state index contributed by atoms with van der Waals surface area (Å²) in [5, 5.41) is 11.0. The Hall–Kier alpha value is -3.88. The van der Waals surface area contributed by atoms with Crippen molar-refractivity contribution in [1.82, 2.24) is 24.9 Å². The van der Waals surface area contributed by atoms with Gasteiger partial charge in [0, 0.05) is 17.8 Å². The minimum Gasteiger partial charge on any atom is -0.348 e. The molecule has 0 radical (unpaired) electrons. The maximum absolute atomic E-state index is 13.9. The van der Waals surface area contributed by atoms with Crippen LogP contribution < -0.4 is 5.32 Å². The van der Waals surface area contributed by atoms with Crippen molar-refractivity contribution in [2.24, 2.45) is 0 Å². The van der Waals surface area contributed by atoms with Crippen LogP contribution in [-0.2, 0) is 12.7 Å². The van der Waals surface area contributed by atoms with E-state index in [1.165, 1.54) is 12.1 Å². The summed E-state index contributed by atoms with van der Waals surface area (Å²) in [5.41, 5.74) is 2.56. The number of alkyl halides is 3. The number of hydrogen-bond donors (Lipinski definition) is 1. The maximum Gasteiger partial charge on any atom is 0.434 e. The highest BCUT2D eigenvalue weighted by Crippen LogP contribution is 2.33. The molecule has 0 bridgehead atoms. The Balaban J connectivity index is 1.61. The number of benzene rings is 2. The molecule has 2 heterocycles. The molecule has 0 spiro atoms. The van der Waals surface area contributed by atoms with Crippen molar-refractivity contribution in [1.29, 1.82) is 0 Å². The first-order chi connectivity index (χ1) is 15.7. The quantitative estimate of drug-likeness (QED) is 0.466. The van der Waals surface area contributed by atoms with E-state index in [0.717, 1.165) is 33.4 Å². The van der Waals surface area contributed by atoms with E-state index in [9.17, 15) is 18.0 Å². The third-order valence-electron chi connectivity index (χ3n) is 5.43. The molecule has 0 saturated heterocycles. The predicted octanol–water partition coefficient (Wildman–Crippen LogP) is 4.93. The molecule has 170 valence electrons. The summed E-state index contributed by atoms with van der Waals surface area (Å²) >= 11 is 0. The van der Waals surface area contributed by atoms with Gasteiger partial charge in [-0.15, -0.1) is 0 Å². The van der Waals surface area contributed by atoms with Crippen LogP contribution in [0.3, 0.4) is 0 Å². The smallest absolute Gasteiger partial charge is 0.348 e. The Morgan fingerprint density at radius 2 is 1.58 bits per heavy atom. The standard InChI is InChI=1S/C24H22F3N5O/c1-15-9-11-19(12-10-15)32-22(24(25,26)27)21(14-29-32)23(33)28-13-20-16(2)30-31(17(20)3)18-7-5-4-6-8-18/h4-12,14H,13H2,1-3H3,(H,28,33). The van der Waals surface area contributed by atoms with Gasteiger partial charge in [0.15, 0.2) is 5.69 Å². The van der Waals surface area contributed by atoms with Gasteiger partial charge in [-0.05, 0) is 45.0 Å². The van der Waals surface area contributed by atoms with Gasteiger partial charge in [0.2, 0.25) is 0 Å². The van der Waals surface area contributed by atoms with Gasteiger partial charge in [-0.1, -0.05) is 35.9 Å². The second-order valence-electron chi connectivity index (χ2n) is 7.73. The Morgan fingerprint density at radius 3 is 2.21 bits per heavy atom. The molecular weight excluding hydrogens is 431 g/mol. The van der Waals surface area contributed by atoms with Crippen molar-refractivity contribution in [2.45, 2.75) is 33.5 Å². The Kier molecular flexibility index (Phi) is 5.80. The third-order valence-corrected chi connectivity index (χ3v) is 5.43. The summed E-state index contributed by atoms with van der Waals surface area (Å²) in [7, 11) is 0. The number of hydrogen-bond acceptors (Lipinski definition) is 3. The third kappa shape index (κ3) is 4.39. The van der Waals surface area contributed by atoms with Gasteiger partial charge < -0.3 is 5.32 Å². The second kappa shape index (κ2) is 8.57. The van der Waals surface area contributed by atoms with Gasteiger partial charge in [-0.3, -0.25) is 4.79 Å². The van der Waals surface area contributed by atoms with Gasteiger partial charge in [0.1, 0.15) is 0 Å². The minimum atomic E-state index is -4.77. The summed E-state index contributed by atoms with van der Waals surface area (Å²) in [4.78, 5) is 12.8. The summed E-state index contributed by atoms with van der Waals surface area (Å²) in [5.74, 6) is -0.855. The zero-order chi connectivity index (χ0) is 23.8. The average molecular weight is 453 g/mol. The number of carbonyl (C=O) groups is 1. The van der Waals surface area contributed by atoms with E-state index < -0.39 is 23.3 Å². The van der Waals surface area contributed by atoms with E-state index in [2.05, 4.69) is 15.5 Å². The molecule has 0 fully saturated rings. The van der Waals surface area contributed by atoms with Crippen LogP contribution in [0.2, 0.25) is 0 Å². The van der Waals surface area contributed by atoms with Gasteiger partial charge in [0.05, 0.1) is 28.8 Å². The number of nitrogens with zero attached hydrogens (tertiary/aromatic N) is 4. The Labute approximate surface area is 188 Å². The van der Waals surface area contributed by atoms with E-state index in [1.807, 2.05) is 44.2 Å². The monoisotopic (exact) mass is 453 g/mol. The summed E-state index contributed by atoms with van der Waals surface area (Å²) in [6.07, 6.45) is -3.82. The summed E-state index contributed by atoms with van der Waals surface area (Å²) in [6.45, 7) is 5.52. The van der Waals surface area contributed by atoms with E-state index in [1.54, 1.807) is 23.7 Å². The highest BCUT2D eigenvalue weighted by Gasteiger charge is 2.40. The van der Waals surface area contributed by atoms with Crippen LogP contribution in [0.25, 0.3) is 11.4 Å². The lowest BCUT2D eigenvalue weighted by atomic mass is 10.1. The number of amides is 1. The molecule has 2 aromatic carbocycles. The van der Waals surface area contributed by atoms with Crippen molar-refractivity contribution in [2.75, 3.05) is 0 Å². The van der Waals surface area contributed by atoms with Crippen LogP contribution in [0.15, 0.2) is 60.8 Å². The normalized spacial score (nSPS) is 11.6. The molecular formula is C24H22F3N5O. The molecule has 2 aromatic heterocycles. The summed E-state index contributed by atoms with van der Waals surface area (Å²) < 4.78 is 44.2. The minimum absolute atomic E-state index is 0.0380. The number of nitrogens with one attached hydrogen (secondary N) is 1. The molecule has 0 unspecified atom stereocenters. The molecule has 0 saturated carbocycles. The van der Waals surface area contributed by atoms with Crippen molar-refractivity contribution < 1.29 is 18.0 Å². The molecule has 0 aliphatic carbocycles. The molecule has 1 amide bonds. The molecule has 0 aliphatic rings. The zero-order valence-electron chi connectivity index (χ0n) is 18.3. The first kappa shape index (κ1) is 22.3. The molecule has 33 heavy (non-hydrogen) atoms. The fourth-order valence-corrected chi connectivity index (χ4v) is 3.68. The number of halogens is 3. The molecule has 9 heteroatoms. The predicted molar refractivity (Wildman–Crippen MR) is 118 cm³/mol. The molecule has 0 aliphatic heterocycles. The fourth-order valence-electron chi connectivity index (χ4n) is 3.68. The van der Waals surface area contributed by atoms with Crippen LogP contribution in [-0.4, -0.2) is 25.5 Å². The number of aromatic nitrogens is 4. The van der Waals surface area contributed by atoms with E-state index in [4.69, 9.17) is 0 Å². The lowest BCUT2D eigenvalue weighted by molar-refractivity contribution is -0.143. The van der Waals surface area contributed by atoms with Crippen molar-refractivity contribution in [3.8, 4) is 11.4 Å². The van der Waals surface area contributed by atoms with Crippen LogP contribution in [0.4, 0.5) is 13.2 Å². The SMILES string of the molecule is Cc1ccc(-n2ncc(C(=O)NCc3c(C)nn(-c4ccccc4)c3C)c2C(F)(F)F)cc1. The molecule has 0 atom stereocenters. The van der Waals surface area contributed by atoms with Crippen LogP contribution >= 0.6 is 0 Å². The van der Waals surface area contributed by atoms with Crippen molar-refractivity contribution >= 4 is 5.91 Å². The molecule has 4 rings (SSSR count).